The third-order valence-electron chi connectivity index (χ3n) is 4.03. The summed E-state index contributed by atoms with van der Waals surface area (Å²) in [6, 6.07) is 6.06. The average molecular weight is 304 g/mol. The van der Waals surface area contributed by atoms with Crippen molar-refractivity contribution in [2.75, 3.05) is 19.7 Å². The highest BCUT2D eigenvalue weighted by molar-refractivity contribution is 5.94. The van der Waals surface area contributed by atoms with Crippen molar-refractivity contribution in [1.82, 2.24) is 10.6 Å². The number of carbonyl (C=O) groups excluding carboxylic acids is 1. The predicted octanol–water partition coefficient (Wildman–Crippen LogP) is 3.08. The molecule has 22 heavy (non-hydrogen) atoms. The topological polar surface area (TPSA) is 50.4 Å². The Hall–Kier alpha value is -1.55. The Labute approximate surface area is 133 Å². The van der Waals surface area contributed by atoms with Gasteiger partial charge in [-0.05, 0) is 62.0 Å². The first-order valence-electron chi connectivity index (χ1n) is 8.40. The van der Waals surface area contributed by atoms with E-state index in [1.54, 1.807) is 0 Å². The van der Waals surface area contributed by atoms with Crippen LogP contribution in [0.1, 0.15) is 61.9 Å². The van der Waals surface area contributed by atoms with Crippen LogP contribution < -0.4 is 15.4 Å². The first-order chi connectivity index (χ1) is 10.6. The lowest BCUT2D eigenvalue weighted by molar-refractivity contribution is 0.0929. The maximum atomic E-state index is 12.4. The van der Waals surface area contributed by atoms with Crippen molar-refractivity contribution in [1.29, 1.82) is 0 Å². The Kier molecular flexibility index (Phi) is 6.25. The van der Waals surface area contributed by atoms with E-state index >= 15 is 0 Å². The maximum Gasteiger partial charge on any atom is 0.251 e. The highest BCUT2D eigenvalue weighted by Gasteiger charge is 2.18. The van der Waals surface area contributed by atoms with E-state index in [-0.39, 0.29) is 11.9 Å². The number of hydrogen-bond donors (Lipinski definition) is 2. The first kappa shape index (κ1) is 16.8. The van der Waals surface area contributed by atoms with Gasteiger partial charge < -0.3 is 15.4 Å². The lowest BCUT2D eigenvalue weighted by Crippen LogP contribution is -2.42. The van der Waals surface area contributed by atoms with E-state index in [2.05, 4.69) is 31.4 Å². The molecule has 0 aliphatic carbocycles. The Balaban J connectivity index is 2.09. The molecule has 0 aromatic heterocycles. The van der Waals surface area contributed by atoms with E-state index < -0.39 is 0 Å². The van der Waals surface area contributed by atoms with Gasteiger partial charge in [-0.25, -0.2) is 0 Å². The normalized spacial score (nSPS) is 15.8. The molecule has 4 nitrogen and oxygen atoms in total. The van der Waals surface area contributed by atoms with Gasteiger partial charge in [0.25, 0.3) is 5.91 Å². The molecule has 0 radical (unpaired) electrons. The smallest absolute Gasteiger partial charge is 0.251 e. The lowest BCUT2D eigenvalue weighted by atomic mass is 9.98. The molecular weight excluding hydrogens is 276 g/mol. The minimum Gasteiger partial charge on any atom is -0.493 e. The van der Waals surface area contributed by atoms with E-state index in [0.29, 0.717) is 12.5 Å². The molecule has 1 amide bonds. The van der Waals surface area contributed by atoms with Crippen LogP contribution in [-0.4, -0.2) is 31.6 Å². The van der Waals surface area contributed by atoms with Gasteiger partial charge in [-0.2, -0.15) is 0 Å². The molecule has 0 saturated carbocycles. The van der Waals surface area contributed by atoms with Gasteiger partial charge >= 0.3 is 0 Å². The summed E-state index contributed by atoms with van der Waals surface area (Å²) in [6.45, 7) is 9.01. The molecule has 0 bridgehead atoms. The summed E-state index contributed by atoms with van der Waals surface area (Å²) in [6.07, 6.45) is 2.98. The molecule has 1 heterocycles. The molecular formula is C18H28N2O2. The molecule has 2 N–H and O–H groups in total. The van der Waals surface area contributed by atoms with E-state index in [1.165, 1.54) is 0 Å². The fraction of sp³-hybridized carbons (Fsp3) is 0.611. The minimum atomic E-state index is 0.0239. The number of hydrogen-bond acceptors (Lipinski definition) is 3. The summed E-state index contributed by atoms with van der Waals surface area (Å²) >= 11 is 0. The number of piperidine rings is 1. The highest BCUT2D eigenvalue weighted by Crippen LogP contribution is 2.28. The second-order valence-electron chi connectivity index (χ2n) is 6.25. The second-order valence-corrected chi connectivity index (χ2v) is 6.25. The number of amides is 1. The molecule has 1 aromatic rings. The second kappa shape index (κ2) is 8.18. The predicted molar refractivity (Wildman–Crippen MR) is 89.7 cm³/mol. The minimum absolute atomic E-state index is 0.0239. The average Bonchev–Trinajstić information content (AvgIpc) is 2.53. The lowest BCUT2D eigenvalue weighted by Gasteiger charge is -2.24. The summed E-state index contributed by atoms with van der Waals surface area (Å²) < 4.78 is 5.79. The van der Waals surface area contributed by atoms with Crippen molar-refractivity contribution in [2.24, 2.45) is 0 Å². The van der Waals surface area contributed by atoms with Crippen molar-refractivity contribution < 1.29 is 9.53 Å². The van der Waals surface area contributed by atoms with E-state index in [1.807, 2.05) is 18.2 Å². The molecule has 1 aliphatic rings. The van der Waals surface area contributed by atoms with Gasteiger partial charge in [0.2, 0.25) is 0 Å². The van der Waals surface area contributed by atoms with Crippen molar-refractivity contribution in [2.45, 2.75) is 52.0 Å². The van der Waals surface area contributed by atoms with Crippen LogP contribution in [0.3, 0.4) is 0 Å². The third-order valence-corrected chi connectivity index (χ3v) is 4.03. The van der Waals surface area contributed by atoms with Crippen LogP contribution in [-0.2, 0) is 0 Å². The Bertz CT molecular complexity index is 494. The van der Waals surface area contributed by atoms with Crippen molar-refractivity contribution >= 4 is 5.91 Å². The fourth-order valence-electron chi connectivity index (χ4n) is 2.72. The summed E-state index contributed by atoms with van der Waals surface area (Å²) in [7, 11) is 0. The van der Waals surface area contributed by atoms with Gasteiger partial charge in [0, 0.05) is 11.6 Å². The van der Waals surface area contributed by atoms with Crippen LogP contribution in [0.5, 0.6) is 5.75 Å². The van der Waals surface area contributed by atoms with Crippen LogP contribution in [0.2, 0.25) is 0 Å². The number of carbonyl (C=O) groups is 1. The number of benzene rings is 1. The van der Waals surface area contributed by atoms with E-state index in [9.17, 15) is 4.79 Å². The van der Waals surface area contributed by atoms with E-state index in [0.717, 1.165) is 49.2 Å². The standard InChI is InChI=1S/C18H28N2O2/c1-4-11-22-17-6-5-14(12-16(17)13(2)3)18(21)20-15-7-9-19-10-8-15/h5-6,12-13,15,19H,4,7-11H2,1-3H3,(H,20,21). The Morgan fingerprint density at radius 1 is 1.36 bits per heavy atom. The van der Waals surface area contributed by atoms with Gasteiger partial charge in [0.15, 0.2) is 0 Å². The van der Waals surface area contributed by atoms with Crippen LogP contribution in [0, 0.1) is 0 Å². The van der Waals surface area contributed by atoms with Gasteiger partial charge in [-0.1, -0.05) is 20.8 Å². The molecule has 1 aromatic carbocycles. The van der Waals surface area contributed by atoms with Crippen molar-refractivity contribution in [3.05, 3.63) is 29.3 Å². The zero-order chi connectivity index (χ0) is 15.9. The van der Waals surface area contributed by atoms with Crippen molar-refractivity contribution in [3.8, 4) is 5.75 Å². The molecule has 2 rings (SSSR count). The number of ether oxygens (including phenoxy) is 1. The highest BCUT2D eigenvalue weighted by atomic mass is 16.5. The molecule has 1 saturated heterocycles. The largest absolute Gasteiger partial charge is 0.493 e. The van der Waals surface area contributed by atoms with Crippen molar-refractivity contribution in [3.63, 3.8) is 0 Å². The first-order valence-corrected chi connectivity index (χ1v) is 8.40. The van der Waals surface area contributed by atoms with Gasteiger partial charge in [0.1, 0.15) is 5.75 Å². The van der Waals surface area contributed by atoms with Gasteiger partial charge in [-0.15, -0.1) is 0 Å². The number of nitrogens with one attached hydrogen (secondary N) is 2. The third kappa shape index (κ3) is 4.47. The van der Waals surface area contributed by atoms with E-state index in [4.69, 9.17) is 4.74 Å². The molecule has 0 unspecified atom stereocenters. The Morgan fingerprint density at radius 2 is 2.09 bits per heavy atom. The zero-order valence-corrected chi connectivity index (χ0v) is 13.9. The zero-order valence-electron chi connectivity index (χ0n) is 13.9. The van der Waals surface area contributed by atoms with Crippen LogP contribution >= 0.6 is 0 Å². The van der Waals surface area contributed by atoms with Crippen LogP contribution in [0.15, 0.2) is 18.2 Å². The summed E-state index contributed by atoms with van der Waals surface area (Å²) in [5.74, 6) is 1.25. The van der Waals surface area contributed by atoms with Gasteiger partial charge in [0.05, 0.1) is 6.61 Å². The molecule has 1 fully saturated rings. The maximum absolute atomic E-state index is 12.4. The summed E-state index contributed by atoms with van der Waals surface area (Å²) in [5.41, 5.74) is 1.83. The molecule has 122 valence electrons. The van der Waals surface area contributed by atoms with Crippen LogP contribution in [0.4, 0.5) is 0 Å². The molecule has 0 atom stereocenters. The fourth-order valence-corrected chi connectivity index (χ4v) is 2.72. The molecule has 4 heteroatoms. The SMILES string of the molecule is CCCOc1ccc(C(=O)NC2CCNCC2)cc1C(C)C. The Morgan fingerprint density at radius 3 is 2.73 bits per heavy atom. The molecule has 1 aliphatic heterocycles. The quantitative estimate of drug-likeness (QED) is 0.849. The monoisotopic (exact) mass is 304 g/mol. The van der Waals surface area contributed by atoms with Gasteiger partial charge in [-0.3, -0.25) is 4.79 Å². The summed E-state index contributed by atoms with van der Waals surface area (Å²) in [5, 5.41) is 6.46. The molecule has 0 spiro atoms. The van der Waals surface area contributed by atoms with Crippen LogP contribution in [0.25, 0.3) is 0 Å². The number of rotatable bonds is 6. The summed E-state index contributed by atoms with van der Waals surface area (Å²) in [4.78, 5) is 12.4.